The quantitative estimate of drug-likeness (QED) is 0.610. The third-order valence-corrected chi connectivity index (χ3v) is 2.55. The van der Waals surface area contributed by atoms with Gasteiger partial charge in [-0.25, -0.2) is 4.98 Å². The summed E-state index contributed by atoms with van der Waals surface area (Å²) in [4.78, 5) is 25.8. The van der Waals surface area contributed by atoms with Gasteiger partial charge >= 0.3 is 0 Å². The molecule has 8 nitrogen and oxygen atoms in total. The number of nitrogens with one attached hydrogen (secondary N) is 1. The number of nitro benzene ring substituents is 1. The first-order valence-electron chi connectivity index (χ1n) is 5.79. The molecule has 1 heterocycles. The van der Waals surface area contributed by atoms with Gasteiger partial charge in [0.2, 0.25) is 0 Å². The van der Waals surface area contributed by atoms with Crippen LogP contribution in [0, 0.1) is 10.1 Å². The average Bonchev–Trinajstić information content (AvgIpc) is 2.94. The number of nitrogens with zero attached hydrogens (tertiary/aromatic N) is 3. The minimum atomic E-state index is -0.491. The highest BCUT2D eigenvalue weighted by Gasteiger charge is 2.11. The zero-order chi connectivity index (χ0) is 14.5. The molecule has 1 aromatic carbocycles. The molecule has 0 saturated carbocycles. The summed E-state index contributed by atoms with van der Waals surface area (Å²) in [5.74, 6) is -0.414. The van der Waals surface area contributed by atoms with E-state index in [9.17, 15) is 14.9 Å². The van der Waals surface area contributed by atoms with E-state index in [4.69, 9.17) is 5.11 Å². The number of aromatic nitrogens is 2. The van der Waals surface area contributed by atoms with Gasteiger partial charge in [-0.3, -0.25) is 14.9 Å². The Balaban J connectivity index is 2.22. The minimum Gasteiger partial charge on any atom is -0.395 e. The number of aliphatic hydroxyl groups is 1. The van der Waals surface area contributed by atoms with E-state index in [-0.39, 0.29) is 24.5 Å². The predicted octanol–water partition coefficient (Wildman–Crippen LogP) is 0.503. The number of rotatable bonds is 5. The highest BCUT2D eigenvalue weighted by atomic mass is 16.6. The van der Waals surface area contributed by atoms with Crippen molar-refractivity contribution >= 4 is 11.6 Å². The third-order valence-electron chi connectivity index (χ3n) is 2.55. The van der Waals surface area contributed by atoms with Crippen LogP contribution in [-0.4, -0.2) is 38.6 Å². The molecule has 0 unspecified atom stereocenters. The van der Waals surface area contributed by atoms with Crippen molar-refractivity contribution in [3.8, 4) is 5.69 Å². The van der Waals surface area contributed by atoms with E-state index in [0.29, 0.717) is 5.69 Å². The molecule has 2 rings (SSSR count). The van der Waals surface area contributed by atoms with Gasteiger partial charge < -0.3 is 15.0 Å². The van der Waals surface area contributed by atoms with Crippen LogP contribution in [0.5, 0.6) is 0 Å². The topological polar surface area (TPSA) is 110 Å². The molecule has 2 aromatic rings. The van der Waals surface area contributed by atoms with Crippen LogP contribution in [0.15, 0.2) is 36.8 Å². The molecule has 1 aromatic heterocycles. The first-order valence-corrected chi connectivity index (χ1v) is 5.79. The number of carbonyl (C=O) groups is 1. The lowest BCUT2D eigenvalue weighted by molar-refractivity contribution is -0.384. The van der Waals surface area contributed by atoms with Crippen molar-refractivity contribution in [2.45, 2.75) is 0 Å². The SMILES string of the molecule is O=C(NCCO)c1cn(-c2cccc([N+](=O)[O-])c2)cn1. The molecule has 0 radical (unpaired) electrons. The number of amides is 1. The number of imidazole rings is 1. The maximum atomic E-state index is 11.6. The smallest absolute Gasteiger partial charge is 0.271 e. The first-order chi connectivity index (χ1) is 9.61. The van der Waals surface area contributed by atoms with Gasteiger partial charge in [0.05, 0.1) is 17.2 Å². The van der Waals surface area contributed by atoms with Crippen LogP contribution in [0.25, 0.3) is 5.69 Å². The van der Waals surface area contributed by atoms with Crippen molar-refractivity contribution in [2.75, 3.05) is 13.2 Å². The molecule has 0 aliphatic heterocycles. The number of hydrogen-bond donors (Lipinski definition) is 2. The van der Waals surface area contributed by atoms with Gasteiger partial charge in [0.1, 0.15) is 12.0 Å². The normalized spacial score (nSPS) is 10.2. The Labute approximate surface area is 113 Å². The highest BCUT2D eigenvalue weighted by Crippen LogP contribution is 2.16. The number of nitro groups is 1. The second-order valence-electron chi connectivity index (χ2n) is 3.92. The van der Waals surface area contributed by atoms with E-state index < -0.39 is 10.8 Å². The second kappa shape index (κ2) is 5.93. The number of carbonyl (C=O) groups excluding carboxylic acids is 1. The Bertz CT molecular complexity index is 638. The number of benzene rings is 1. The van der Waals surface area contributed by atoms with Crippen LogP contribution in [0.1, 0.15) is 10.5 Å². The van der Waals surface area contributed by atoms with Gasteiger partial charge in [0.25, 0.3) is 11.6 Å². The number of non-ortho nitro benzene ring substituents is 1. The summed E-state index contributed by atoms with van der Waals surface area (Å²) in [7, 11) is 0. The predicted molar refractivity (Wildman–Crippen MR) is 69.6 cm³/mol. The zero-order valence-electron chi connectivity index (χ0n) is 10.4. The standard InChI is InChI=1S/C12H12N4O4/c17-5-4-13-12(18)11-7-15(8-14-11)9-2-1-3-10(6-9)16(19)20/h1-3,6-8,17H,4-5H2,(H,13,18). The van der Waals surface area contributed by atoms with E-state index in [1.54, 1.807) is 12.1 Å². The van der Waals surface area contributed by atoms with Crippen molar-refractivity contribution < 1.29 is 14.8 Å². The first kappa shape index (κ1) is 13.7. The molecule has 0 fully saturated rings. The Morgan fingerprint density at radius 2 is 2.30 bits per heavy atom. The van der Waals surface area contributed by atoms with Crippen LogP contribution in [-0.2, 0) is 0 Å². The maximum Gasteiger partial charge on any atom is 0.271 e. The van der Waals surface area contributed by atoms with E-state index in [1.165, 1.54) is 29.2 Å². The van der Waals surface area contributed by atoms with Gasteiger partial charge in [-0.1, -0.05) is 6.07 Å². The third kappa shape index (κ3) is 2.98. The van der Waals surface area contributed by atoms with Gasteiger partial charge in [-0.05, 0) is 6.07 Å². The summed E-state index contributed by atoms with van der Waals surface area (Å²) < 4.78 is 1.51. The molecular weight excluding hydrogens is 264 g/mol. The lowest BCUT2D eigenvalue weighted by Gasteiger charge is -2.01. The fraction of sp³-hybridized carbons (Fsp3) is 0.167. The Morgan fingerprint density at radius 3 is 3.00 bits per heavy atom. The number of hydrogen-bond acceptors (Lipinski definition) is 5. The zero-order valence-corrected chi connectivity index (χ0v) is 10.4. The van der Waals surface area contributed by atoms with Crippen molar-refractivity contribution in [3.63, 3.8) is 0 Å². The molecule has 20 heavy (non-hydrogen) atoms. The van der Waals surface area contributed by atoms with Crippen LogP contribution in [0.2, 0.25) is 0 Å². The van der Waals surface area contributed by atoms with Crippen LogP contribution in [0.4, 0.5) is 5.69 Å². The monoisotopic (exact) mass is 276 g/mol. The van der Waals surface area contributed by atoms with Crippen LogP contribution in [0.3, 0.4) is 0 Å². The highest BCUT2D eigenvalue weighted by molar-refractivity contribution is 5.92. The Morgan fingerprint density at radius 1 is 1.50 bits per heavy atom. The molecule has 1 amide bonds. The fourth-order valence-electron chi connectivity index (χ4n) is 1.61. The van der Waals surface area contributed by atoms with Gasteiger partial charge in [0.15, 0.2) is 0 Å². The summed E-state index contributed by atoms with van der Waals surface area (Å²) >= 11 is 0. The molecule has 0 aliphatic carbocycles. The number of aliphatic hydroxyl groups excluding tert-OH is 1. The van der Waals surface area contributed by atoms with E-state index in [1.807, 2.05) is 0 Å². The molecule has 0 aliphatic rings. The largest absolute Gasteiger partial charge is 0.395 e. The molecule has 0 atom stereocenters. The molecule has 8 heteroatoms. The lowest BCUT2D eigenvalue weighted by Crippen LogP contribution is -2.26. The van der Waals surface area contributed by atoms with Gasteiger partial charge in [-0.15, -0.1) is 0 Å². The second-order valence-corrected chi connectivity index (χ2v) is 3.92. The van der Waals surface area contributed by atoms with Crippen LogP contribution < -0.4 is 5.32 Å². The lowest BCUT2D eigenvalue weighted by atomic mass is 10.3. The minimum absolute atomic E-state index is 0.0394. The Kier molecular flexibility index (Phi) is 4.06. The molecule has 104 valence electrons. The van der Waals surface area contributed by atoms with Crippen molar-refractivity contribution in [3.05, 3.63) is 52.6 Å². The van der Waals surface area contributed by atoms with Crippen molar-refractivity contribution in [1.29, 1.82) is 0 Å². The summed E-state index contributed by atoms with van der Waals surface area (Å²) in [6.07, 6.45) is 2.86. The Hall–Kier alpha value is -2.74. The summed E-state index contributed by atoms with van der Waals surface area (Å²) in [6.45, 7) is -0.0141. The maximum absolute atomic E-state index is 11.6. The summed E-state index contributed by atoms with van der Waals surface area (Å²) in [6, 6.07) is 6.00. The summed E-state index contributed by atoms with van der Waals surface area (Å²) in [5, 5.41) is 21.8. The van der Waals surface area contributed by atoms with E-state index >= 15 is 0 Å². The van der Waals surface area contributed by atoms with Gasteiger partial charge in [0, 0.05) is 24.9 Å². The van der Waals surface area contributed by atoms with Crippen molar-refractivity contribution in [1.82, 2.24) is 14.9 Å². The summed E-state index contributed by atoms with van der Waals surface area (Å²) in [5.41, 5.74) is 0.667. The van der Waals surface area contributed by atoms with Gasteiger partial charge in [-0.2, -0.15) is 0 Å². The molecule has 0 saturated heterocycles. The molecule has 0 spiro atoms. The average molecular weight is 276 g/mol. The van der Waals surface area contributed by atoms with Crippen LogP contribution >= 0.6 is 0 Å². The molecular formula is C12H12N4O4. The van der Waals surface area contributed by atoms with E-state index in [2.05, 4.69) is 10.3 Å². The van der Waals surface area contributed by atoms with E-state index in [0.717, 1.165) is 0 Å². The molecule has 2 N–H and O–H groups in total. The fourth-order valence-corrected chi connectivity index (χ4v) is 1.61. The van der Waals surface area contributed by atoms with Crippen molar-refractivity contribution in [2.24, 2.45) is 0 Å². The molecule has 0 bridgehead atoms.